The first-order valence-corrected chi connectivity index (χ1v) is 6.88. The molecule has 0 saturated carbocycles. The fraction of sp³-hybridized carbons (Fsp3) is 0.500. The molecule has 1 aliphatic rings. The Balaban J connectivity index is 2.18. The fourth-order valence-corrected chi connectivity index (χ4v) is 2.36. The van der Waals surface area contributed by atoms with Crippen LogP contribution in [0.15, 0.2) is 18.2 Å². The Labute approximate surface area is 120 Å². The number of nitrogens with zero attached hydrogens (tertiary/aromatic N) is 1. The number of ether oxygens (including phenoxy) is 2. The van der Waals surface area contributed by atoms with Gasteiger partial charge in [-0.1, -0.05) is 11.8 Å². The minimum absolute atomic E-state index is 0.373. The lowest BCUT2D eigenvalue weighted by molar-refractivity contribution is 0.156. The van der Waals surface area contributed by atoms with Gasteiger partial charge in [-0.3, -0.25) is 4.90 Å². The SMILES string of the molecule is COc1ccc(C#CCN)c(CN(C)C2CCOC2)c1. The van der Waals surface area contributed by atoms with Crippen molar-refractivity contribution in [3.05, 3.63) is 29.3 Å². The van der Waals surface area contributed by atoms with Gasteiger partial charge in [0, 0.05) is 24.8 Å². The third-order valence-corrected chi connectivity index (χ3v) is 3.59. The van der Waals surface area contributed by atoms with E-state index in [-0.39, 0.29) is 0 Å². The standard InChI is InChI=1S/C16H22N2O2/c1-18(15-7-9-20-12-15)11-14-10-16(19-2)6-5-13(14)4-3-8-17/h5-6,10,15H,7-9,11-12,17H2,1-2H3. The summed E-state index contributed by atoms with van der Waals surface area (Å²) in [6.07, 6.45) is 1.09. The quantitative estimate of drug-likeness (QED) is 0.839. The van der Waals surface area contributed by atoms with Crippen LogP contribution in [0.1, 0.15) is 17.5 Å². The smallest absolute Gasteiger partial charge is 0.119 e. The van der Waals surface area contributed by atoms with Gasteiger partial charge in [-0.25, -0.2) is 0 Å². The van der Waals surface area contributed by atoms with E-state index in [1.165, 1.54) is 5.56 Å². The van der Waals surface area contributed by atoms with Crippen LogP contribution in [0.25, 0.3) is 0 Å². The van der Waals surface area contributed by atoms with Gasteiger partial charge in [-0.2, -0.15) is 0 Å². The molecule has 1 aromatic carbocycles. The Morgan fingerprint density at radius 3 is 3.00 bits per heavy atom. The number of rotatable bonds is 4. The lowest BCUT2D eigenvalue weighted by atomic mass is 10.1. The van der Waals surface area contributed by atoms with Crippen molar-refractivity contribution in [2.75, 3.05) is 33.9 Å². The average Bonchev–Trinajstić information content (AvgIpc) is 3.00. The lowest BCUT2D eigenvalue weighted by Crippen LogP contribution is -2.31. The summed E-state index contributed by atoms with van der Waals surface area (Å²) in [6.45, 7) is 2.87. The third-order valence-electron chi connectivity index (χ3n) is 3.59. The molecule has 20 heavy (non-hydrogen) atoms. The zero-order valence-electron chi connectivity index (χ0n) is 12.2. The molecule has 1 aromatic rings. The Morgan fingerprint density at radius 1 is 1.50 bits per heavy atom. The van der Waals surface area contributed by atoms with Gasteiger partial charge in [0.15, 0.2) is 0 Å². The van der Waals surface area contributed by atoms with E-state index in [0.29, 0.717) is 12.6 Å². The molecule has 108 valence electrons. The number of methoxy groups -OCH3 is 1. The summed E-state index contributed by atoms with van der Waals surface area (Å²) in [7, 11) is 3.80. The summed E-state index contributed by atoms with van der Waals surface area (Å²) in [5.41, 5.74) is 7.64. The van der Waals surface area contributed by atoms with Crippen molar-refractivity contribution in [1.82, 2.24) is 4.90 Å². The lowest BCUT2D eigenvalue weighted by Gasteiger charge is -2.23. The molecule has 1 unspecified atom stereocenters. The second-order valence-corrected chi connectivity index (χ2v) is 4.96. The van der Waals surface area contributed by atoms with Crippen LogP contribution in [0, 0.1) is 11.8 Å². The topological polar surface area (TPSA) is 47.7 Å². The maximum Gasteiger partial charge on any atom is 0.119 e. The van der Waals surface area contributed by atoms with Crippen molar-refractivity contribution in [1.29, 1.82) is 0 Å². The predicted octanol–water partition coefficient (Wildman–Crippen LogP) is 1.23. The molecule has 0 aromatic heterocycles. The van der Waals surface area contributed by atoms with Crippen LogP contribution in [0.2, 0.25) is 0 Å². The van der Waals surface area contributed by atoms with Crippen molar-refractivity contribution in [3.8, 4) is 17.6 Å². The van der Waals surface area contributed by atoms with E-state index in [2.05, 4.69) is 23.8 Å². The highest BCUT2D eigenvalue weighted by Crippen LogP contribution is 2.21. The van der Waals surface area contributed by atoms with Crippen molar-refractivity contribution in [2.24, 2.45) is 5.73 Å². The Kier molecular flexibility index (Phi) is 5.42. The van der Waals surface area contributed by atoms with E-state index < -0.39 is 0 Å². The zero-order chi connectivity index (χ0) is 14.4. The summed E-state index contributed by atoms with van der Waals surface area (Å²) >= 11 is 0. The van der Waals surface area contributed by atoms with Gasteiger partial charge < -0.3 is 15.2 Å². The van der Waals surface area contributed by atoms with E-state index in [1.54, 1.807) is 7.11 Å². The van der Waals surface area contributed by atoms with Crippen molar-refractivity contribution in [3.63, 3.8) is 0 Å². The van der Waals surface area contributed by atoms with Crippen LogP contribution in [-0.4, -0.2) is 44.9 Å². The molecule has 0 radical (unpaired) electrons. The molecule has 1 aliphatic heterocycles. The predicted molar refractivity (Wildman–Crippen MR) is 79.6 cm³/mol. The van der Waals surface area contributed by atoms with Crippen molar-refractivity contribution in [2.45, 2.75) is 19.0 Å². The Hall–Kier alpha value is -1.54. The number of benzene rings is 1. The zero-order valence-corrected chi connectivity index (χ0v) is 12.2. The highest BCUT2D eigenvalue weighted by atomic mass is 16.5. The van der Waals surface area contributed by atoms with Gasteiger partial charge in [-0.15, -0.1) is 0 Å². The van der Waals surface area contributed by atoms with E-state index in [1.807, 2.05) is 18.2 Å². The van der Waals surface area contributed by atoms with Crippen LogP contribution < -0.4 is 10.5 Å². The summed E-state index contributed by atoms with van der Waals surface area (Å²) in [4.78, 5) is 2.31. The molecule has 1 saturated heterocycles. The second kappa shape index (κ2) is 7.30. The molecule has 0 aliphatic carbocycles. The van der Waals surface area contributed by atoms with Crippen LogP contribution >= 0.6 is 0 Å². The Morgan fingerprint density at radius 2 is 2.35 bits per heavy atom. The molecule has 0 bridgehead atoms. The van der Waals surface area contributed by atoms with Crippen LogP contribution in [0.5, 0.6) is 5.75 Å². The molecule has 1 atom stereocenters. The van der Waals surface area contributed by atoms with Gasteiger partial charge in [0.1, 0.15) is 5.75 Å². The number of hydrogen-bond acceptors (Lipinski definition) is 4. The highest BCUT2D eigenvalue weighted by molar-refractivity contribution is 5.45. The monoisotopic (exact) mass is 274 g/mol. The van der Waals surface area contributed by atoms with E-state index in [4.69, 9.17) is 15.2 Å². The van der Waals surface area contributed by atoms with Crippen LogP contribution in [0.3, 0.4) is 0 Å². The second-order valence-electron chi connectivity index (χ2n) is 4.96. The van der Waals surface area contributed by atoms with Crippen molar-refractivity contribution < 1.29 is 9.47 Å². The maximum atomic E-state index is 5.46. The van der Waals surface area contributed by atoms with Gasteiger partial charge in [0.25, 0.3) is 0 Å². The van der Waals surface area contributed by atoms with E-state index >= 15 is 0 Å². The van der Waals surface area contributed by atoms with Crippen LogP contribution in [0.4, 0.5) is 0 Å². The summed E-state index contributed by atoms with van der Waals surface area (Å²) in [5, 5.41) is 0. The normalized spacial score (nSPS) is 17.9. The maximum absolute atomic E-state index is 5.46. The number of likely N-dealkylation sites (N-methyl/N-ethyl adjacent to an activating group) is 1. The third kappa shape index (κ3) is 3.73. The molecular formula is C16H22N2O2. The minimum Gasteiger partial charge on any atom is -0.497 e. The molecule has 0 spiro atoms. The first kappa shape index (κ1) is 14.9. The van der Waals surface area contributed by atoms with Gasteiger partial charge >= 0.3 is 0 Å². The van der Waals surface area contributed by atoms with Crippen molar-refractivity contribution >= 4 is 0 Å². The van der Waals surface area contributed by atoms with Gasteiger partial charge in [0.05, 0.1) is 20.3 Å². The number of nitrogens with two attached hydrogens (primary N) is 1. The molecule has 1 heterocycles. The molecule has 1 fully saturated rings. The van der Waals surface area contributed by atoms with E-state index in [0.717, 1.165) is 37.5 Å². The number of hydrogen-bond donors (Lipinski definition) is 1. The Bertz CT molecular complexity index is 499. The largest absolute Gasteiger partial charge is 0.497 e. The van der Waals surface area contributed by atoms with Crippen LogP contribution in [-0.2, 0) is 11.3 Å². The first-order valence-electron chi connectivity index (χ1n) is 6.88. The fourth-order valence-electron chi connectivity index (χ4n) is 2.36. The van der Waals surface area contributed by atoms with Gasteiger partial charge in [0.2, 0.25) is 0 Å². The molecule has 0 amide bonds. The molecule has 4 heteroatoms. The first-order chi connectivity index (χ1) is 9.74. The molecule has 2 rings (SSSR count). The summed E-state index contributed by atoms with van der Waals surface area (Å²) in [6, 6.07) is 6.46. The minimum atomic E-state index is 0.373. The highest BCUT2D eigenvalue weighted by Gasteiger charge is 2.20. The molecule has 2 N–H and O–H groups in total. The summed E-state index contributed by atoms with van der Waals surface area (Å²) in [5.74, 6) is 6.91. The summed E-state index contributed by atoms with van der Waals surface area (Å²) < 4.78 is 10.8. The van der Waals surface area contributed by atoms with E-state index in [9.17, 15) is 0 Å². The molecular weight excluding hydrogens is 252 g/mol. The molecule has 4 nitrogen and oxygen atoms in total. The van der Waals surface area contributed by atoms with Gasteiger partial charge in [-0.05, 0) is 37.2 Å². The average molecular weight is 274 g/mol.